The predicted octanol–water partition coefficient (Wildman–Crippen LogP) is 2.72. The molecule has 8 heteroatoms. The molecular weight excluding hydrogens is 313 g/mol. The molecule has 0 spiro atoms. The molecule has 0 heterocycles. The average molecular weight is 329 g/mol. The second-order valence-electron chi connectivity index (χ2n) is 3.80. The van der Waals surface area contributed by atoms with Crippen LogP contribution in [0.15, 0.2) is 18.2 Å². The minimum absolute atomic E-state index is 0. The van der Waals surface area contributed by atoms with Gasteiger partial charge >= 0.3 is 6.61 Å². The molecule has 0 aliphatic heterocycles. The van der Waals surface area contributed by atoms with Crippen molar-refractivity contribution in [3.05, 3.63) is 28.8 Å². The van der Waals surface area contributed by atoms with Crippen LogP contribution in [0.2, 0.25) is 5.02 Å². The van der Waals surface area contributed by atoms with Crippen molar-refractivity contribution >= 4 is 29.9 Å². The smallest absolute Gasteiger partial charge is 0.387 e. The lowest BCUT2D eigenvalue weighted by Crippen LogP contribution is -2.23. The highest BCUT2D eigenvalue weighted by atomic mass is 35.5. The number of benzene rings is 1. The number of alkyl halides is 2. The van der Waals surface area contributed by atoms with Gasteiger partial charge in [-0.2, -0.15) is 8.78 Å². The van der Waals surface area contributed by atoms with Gasteiger partial charge in [-0.05, 0) is 31.2 Å². The molecule has 0 bridgehead atoms. The topological polar surface area (TPSA) is 64.4 Å². The SMILES string of the molecule is Cl.NCCCC(=O)NCc1cc(Cl)ccc1OC(F)F. The summed E-state index contributed by atoms with van der Waals surface area (Å²) in [5.41, 5.74) is 5.68. The molecule has 1 rings (SSSR count). The van der Waals surface area contributed by atoms with Crippen LogP contribution in [0.3, 0.4) is 0 Å². The summed E-state index contributed by atoms with van der Waals surface area (Å²) in [5, 5.41) is 2.98. The molecule has 0 aliphatic carbocycles. The predicted molar refractivity (Wildman–Crippen MR) is 75.5 cm³/mol. The summed E-state index contributed by atoms with van der Waals surface area (Å²) >= 11 is 5.78. The van der Waals surface area contributed by atoms with Crippen molar-refractivity contribution in [3.63, 3.8) is 0 Å². The van der Waals surface area contributed by atoms with Crippen LogP contribution in [0.25, 0.3) is 0 Å². The molecular formula is C12H16Cl2F2N2O2. The lowest BCUT2D eigenvalue weighted by molar-refractivity contribution is -0.121. The Bertz CT molecular complexity index is 434. The third-order valence-corrected chi connectivity index (χ3v) is 2.56. The van der Waals surface area contributed by atoms with E-state index in [0.717, 1.165) is 0 Å². The summed E-state index contributed by atoms with van der Waals surface area (Å²) < 4.78 is 28.8. The summed E-state index contributed by atoms with van der Waals surface area (Å²) in [6.45, 7) is -2.43. The van der Waals surface area contributed by atoms with Gasteiger partial charge in [0.05, 0.1) is 0 Å². The van der Waals surface area contributed by atoms with Crippen molar-refractivity contribution in [1.82, 2.24) is 5.32 Å². The third-order valence-electron chi connectivity index (χ3n) is 2.32. The molecule has 20 heavy (non-hydrogen) atoms. The fourth-order valence-corrected chi connectivity index (χ4v) is 1.64. The molecule has 114 valence electrons. The van der Waals surface area contributed by atoms with E-state index < -0.39 is 6.61 Å². The summed E-state index contributed by atoms with van der Waals surface area (Å²) in [7, 11) is 0. The summed E-state index contributed by atoms with van der Waals surface area (Å²) in [6, 6.07) is 4.26. The number of hydrogen-bond acceptors (Lipinski definition) is 3. The maximum Gasteiger partial charge on any atom is 0.387 e. The number of carbonyl (C=O) groups is 1. The van der Waals surface area contributed by atoms with E-state index in [0.29, 0.717) is 30.0 Å². The van der Waals surface area contributed by atoms with Crippen LogP contribution in [0.1, 0.15) is 18.4 Å². The summed E-state index contributed by atoms with van der Waals surface area (Å²) in [6.07, 6.45) is 0.865. The first-order valence-electron chi connectivity index (χ1n) is 5.73. The fourth-order valence-electron chi connectivity index (χ4n) is 1.44. The maximum atomic E-state index is 12.2. The van der Waals surface area contributed by atoms with Gasteiger partial charge in [0.1, 0.15) is 5.75 Å². The maximum absolute atomic E-state index is 12.2. The number of nitrogens with two attached hydrogens (primary N) is 1. The summed E-state index contributed by atoms with van der Waals surface area (Å²) in [5.74, 6) is -0.202. The molecule has 0 saturated heterocycles. The number of ether oxygens (including phenoxy) is 1. The molecule has 0 aliphatic rings. The first-order valence-corrected chi connectivity index (χ1v) is 6.10. The Kier molecular flexibility index (Phi) is 9.20. The zero-order valence-electron chi connectivity index (χ0n) is 10.6. The Morgan fingerprint density at radius 2 is 2.15 bits per heavy atom. The van der Waals surface area contributed by atoms with Crippen molar-refractivity contribution < 1.29 is 18.3 Å². The molecule has 1 amide bonds. The number of halogens is 4. The van der Waals surface area contributed by atoms with Crippen LogP contribution in [0.5, 0.6) is 5.75 Å². The first kappa shape index (κ1) is 18.9. The van der Waals surface area contributed by atoms with Crippen molar-refractivity contribution in [1.29, 1.82) is 0 Å². The van der Waals surface area contributed by atoms with Gasteiger partial charge in [0, 0.05) is 23.6 Å². The highest BCUT2D eigenvalue weighted by molar-refractivity contribution is 6.30. The Hall–Kier alpha value is -1.11. The van der Waals surface area contributed by atoms with Crippen LogP contribution in [-0.2, 0) is 11.3 Å². The molecule has 0 radical (unpaired) electrons. The van der Waals surface area contributed by atoms with Gasteiger partial charge in [-0.1, -0.05) is 11.6 Å². The molecule has 0 atom stereocenters. The van der Waals surface area contributed by atoms with Gasteiger partial charge in [-0.25, -0.2) is 0 Å². The van der Waals surface area contributed by atoms with Gasteiger partial charge in [0.25, 0.3) is 0 Å². The largest absolute Gasteiger partial charge is 0.434 e. The molecule has 0 fully saturated rings. The molecule has 0 aromatic heterocycles. The van der Waals surface area contributed by atoms with Crippen LogP contribution in [0, 0.1) is 0 Å². The lowest BCUT2D eigenvalue weighted by Gasteiger charge is -2.12. The van der Waals surface area contributed by atoms with Gasteiger partial charge in [-0.3, -0.25) is 4.79 Å². The monoisotopic (exact) mass is 328 g/mol. The Morgan fingerprint density at radius 3 is 2.75 bits per heavy atom. The first-order chi connectivity index (χ1) is 9.02. The average Bonchev–Trinajstić information content (AvgIpc) is 2.36. The van der Waals surface area contributed by atoms with E-state index in [-0.39, 0.29) is 30.6 Å². The van der Waals surface area contributed by atoms with Gasteiger partial charge < -0.3 is 15.8 Å². The van der Waals surface area contributed by atoms with E-state index in [2.05, 4.69) is 10.1 Å². The third kappa shape index (κ3) is 6.88. The number of hydrogen-bond donors (Lipinski definition) is 2. The van der Waals surface area contributed by atoms with E-state index in [9.17, 15) is 13.6 Å². The quantitative estimate of drug-likeness (QED) is 0.808. The van der Waals surface area contributed by atoms with Crippen molar-refractivity contribution in [2.24, 2.45) is 5.73 Å². The van der Waals surface area contributed by atoms with Crippen LogP contribution >= 0.6 is 24.0 Å². The second kappa shape index (κ2) is 9.74. The minimum atomic E-state index is -2.92. The van der Waals surface area contributed by atoms with Crippen molar-refractivity contribution in [2.75, 3.05) is 6.54 Å². The van der Waals surface area contributed by atoms with Gasteiger partial charge in [0.2, 0.25) is 5.91 Å². The van der Waals surface area contributed by atoms with E-state index in [1.165, 1.54) is 18.2 Å². The Balaban J connectivity index is 0.00000361. The lowest BCUT2D eigenvalue weighted by atomic mass is 10.2. The van der Waals surface area contributed by atoms with E-state index in [4.69, 9.17) is 17.3 Å². The minimum Gasteiger partial charge on any atom is -0.434 e. The van der Waals surface area contributed by atoms with Crippen LogP contribution < -0.4 is 15.8 Å². The fraction of sp³-hybridized carbons (Fsp3) is 0.417. The standard InChI is InChI=1S/C12H15ClF2N2O2.ClH/c13-9-3-4-10(19-12(14)15)8(6-9)7-17-11(18)2-1-5-16;/h3-4,6,12H,1-2,5,7,16H2,(H,17,18);1H. The Morgan fingerprint density at radius 1 is 1.45 bits per heavy atom. The Labute approximate surface area is 127 Å². The molecule has 0 unspecified atom stereocenters. The molecule has 1 aromatic carbocycles. The normalized spacial score (nSPS) is 10.1. The van der Waals surface area contributed by atoms with E-state index in [1.807, 2.05) is 0 Å². The molecule has 1 aromatic rings. The zero-order valence-corrected chi connectivity index (χ0v) is 12.1. The number of amides is 1. The van der Waals surface area contributed by atoms with E-state index in [1.54, 1.807) is 0 Å². The highest BCUT2D eigenvalue weighted by Gasteiger charge is 2.11. The summed E-state index contributed by atoms with van der Waals surface area (Å²) in [4.78, 5) is 11.4. The molecule has 4 nitrogen and oxygen atoms in total. The van der Waals surface area contributed by atoms with E-state index >= 15 is 0 Å². The number of carbonyl (C=O) groups excluding carboxylic acids is 1. The van der Waals surface area contributed by atoms with Crippen molar-refractivity contribution in [3.8, 4) is 5.75 Å². The second-order valence-corrected chi connectivity index (χ2v) is 4.24. The number of rotatable bonds is 7. The van der Waals surface area contributed by atoms with Crippen LogP contribution in [-0.4, -0.2) is 19.1 Å². The van der Waals surface area contributed by atoms with Gasteiger partial charge in [-0.15, -0.1) is 12.4 Å². The van der Waals surface area contributed by atoms with Crippen LogP contribution in [0.4, 0.5) is 8.78 Å². The number of nitrogens with one attached hydrogen (secondary N) is 1. The van der Waals surface area contributed by atoms with Crippen molar-refractivity contribution in [2.45, 2.75) is 26.0 Å². The zero-order chi connectivity index (χ0) is 14.3. The van der Waals surface area contributed by atoms with Gasteiger partial charge in [0.15, 0.2) is 0 Å². The highest BCUT2D eigenvalue weighted by Crippen LogP contribution is 2.24. The molecule has 0 saturated carbocycles. The molecule has 3 N–H and O–H groups in total.